The lowest BCUT2D eigenvalue weighted by molar-refractivity contribution is -0.140. The fraction of sp³-hybridized carbons (Fsp3) is 0.556. The fourth-order valence-corrected chi connectivity index (χ4v) is 3.58. The summed E-state index contributed by atoms with van der Waals surface area (Å²) in [4.78, 5) is 26.4. The van der Waals surface area contributed by atoms with Gasteiger partial charge in [-0.25, -0.2) is 4.39 Å². The van der Waals surface area contributed by atoms with Gasteiger partial charge < -0.3 is 10.6 Å². The highest BCUT2D eigenvalue weighted by molar-refractivity contribution is 5.84. The Labute approximate surface area is 135 Å². The van der Waals surface area contributed by atoms with Crippen molar-refractivity contribution in [2.75, 3.05) is 13.1 Å². The van der Waals surface area contributed by atoms with Crippen LogP contribution in [0.2, 0.25) is 0 Å². The van der Waals surface area contributed by atoms with Crippen molar-refractivity contribution in [3.63, 3.8) is 0 Å². The van der Waals surface area contributed by atoms with E-state index in [9.17, 15) is 14.0 Å². The summed E-state index contributed by atoms with van der Waals surface area (Å²) in [5, 5.41) is 0. The van der Waals surface area contributed by atoms with Crippen molar-refractivity contribution in [1.29, 1.82) is 0 Å². The van der Waals surface area contributed by atoms with Gasteiger partial charge in [-0.2, -0.15) is 0 Å². The Morgan fingerprint density at radius 1 is 1.26 bits per heavy atom. The molecule has 1 aliphatic carbocycles. The lowest BCUT2D eigenvalue weighted by Crippen LogP contribution is -2.52. The molecule has 2 aliphatic rings. The van der Waals surface area contributed by atoms with Crippen molar-refractivity contribution in [2.45, 2.75) is 38.5 Å². The first-order valence-electron chi connectivity index (χ1n) is 8.31. The second kappa shape index (κ2) is 6.30. The summed E-state index contributed by atoms with van der Waals surface area (Å²) in [5.74, 6) is -0.00702. The van der Waals surface area contributed by atoms with Gasteiger partial charge in [-0.05, 0) is 42.9 Å². The molecule has 2 N–H and O–H groups in total. The van der Waals surface area contributed by atoms with Crippen LogP contribution in [0.4, 0.5) is 4.39 Å². The zero-order valence-corrected chi connectivity index (χ0v) is 13.3. The maximum atomic E-state index is 12.9. The predicted molar refractivity (Wildman–Crippen MR) is 84.9 cm³/mol. The molecule has 1 aromatic rings. The molecule has 1 saturated heterocycles. The topological polar surface area (TPSA) is 63.4 Å². The van der Waals surface area contributed by atoms with Gasteiger partial charge in [-0.15, -0.1) is 0 Å². The Kier molecular flexibility index (Phi) is 4.37. The van der Waals surface area contributed by atoms with Crippen LogP contribution in [-0.2, 0) is 16.0 Å². The molecule has 1 aromatic carbocycles. The normalized spacial score (nSPS) is 24.5. The Morgan fingerprint density at radius 3 is 2.57 bits per heavy atom. The molecule has 1 aliphatic heterocycles. The number of hydrogen-bond donors (Lipinski definition) is 1. The molecule has 1 saturated carbocycles. The highest BCUT2D eigenvalue weighted by Gasteiger charge is 2.45. The van der Waals surface area contributed by atoms with Gasteiger partial charge in [-0.1, -0.05) is 25.0 Å². The molecule has 4 nitrogen and oxygen atoms in total. The number of carbonyl (C=O) groups excluding carboxylic acids is 2. The smallest absolute Gasteiger partial charge is 0.227 e. The van der Waals surface area contributed by atoms with E-state index in [1.54, 1.807) is 17.0 Å². The number of primary amides is 1. The number of rotatable bonds is 5. The number of nitrogens with two attached hydrogens (primary N) is 1. The number of carbonyl (C=O) groups is 2. The van der Waals surface area contributed by atoms with Crippen LogP contribution in [0.25, 0.3) is 0 Å². The molecule has 0 aromatic heterocycles. The number of hydrogen-bond acceptors (Lipinski definition) is 2. The molecule has 0 radical (unpaired) electrons. The van der Waals surface area contributed by atoms with Gasteiger partial charge in [0.05, 0.1) is 11.8 Å². The highest BCUT2D eigenvalue weighted by atomic mass is 19.1. The lowest BCUT2D eigenvalue weighted by Gasteiger charge is -2.41. The molecule has 124 valence electrons. The van der Waals surface area contributed by atoms with Gasteiger partial charge >= 0.3 is 0 Å². The molecule has 5 heteroatoms. The zero-order chi connectivity index (χ0) is 16.4. The average molecular weight is 318 g/mol. The van der Waals surface area contributed by atoms with Gasteiger partial charge in [0.25, 0.3) is 0 Å². The SMILES string of the molecule is NC(=O)C1(CC2CC2)CCCN(C(=O)Cc2ccc(F)cc2)C1. The Balaban J connectivity index is 1.67. The predicted octanol–water partition coefficient (Wildman–Crippen LogP) is 2.26. The Morgan fingerprint density at radius 2 is 1.96 bits per heavy atom. The van der Waals surface area contributed by atoms with Crippen molar-refractivity contribution < 1.29 is 14.0 Å². The minimum absolute atomic E-state index is 0.0160. The van der Waals surface area contributed by atoms with Gasteiger partial charge in [-0.3, -0.25) is 9.59 Å². The molecule has 2 fully saturated rings. The van der Waals surface area contributed by atoms with Crippen LogP contribution in [0.15, 0.2) is 24.3 Å². The summed E-state index contributed by atoms with van der Waals surface area (Å²) < 4.78 is 12.9. The summed E-state index contributed by atoms with van der Waals surface area (Å²) in [5.41, 5.74) is 5.92. The molecular weight excluding hydrogens is 295 g/mol. The van der Waals surface area contributed by atoms with Crippen molar-refractivity contribution >= 4 is 11.8 Å². The van der Waals surface area contributed by atoms with Gasteiger partial charge in [0.2, 0.25) is 11.8 Å². The van der Waals surface area contributed by atoms with E-state index in [4.69, 9.17) is 5.73 Å². The van der Waals surface area contributed by atoms with Crippen LogP contribution in [-0.4, -0.2) is 29.8 Å². The summed E-state index contributed by atoms with van der Waals surface area (Å²) in [6.07, 6.45) is 4.96. The first-order chi connectivity index (χ1) is 11.0. The third kappa shape index (κ3) is 3.71. The number of amides is 2. The quantitative estimate of drug-likeness (QED) is 0.905. The molecule has 0 bridgehead atoms. The first kappa shape index (κ1) is 16.0. The van der Waals surface area contributed by atoms with Crippen molar-refractivity contribution in [3.8, 4) is 0 Å². The minimum atomic E-state index is -0.558. The van der Waals surface area contributed by atoms with Crippen LogP contribution in [0, 0.1) is 17.2 Å². The van der Waals surface area contributed by atoms with E-state index in [1.807, 2.05) is 0 Å². The van der Waals surface area contributed by atoms with Crippen molar-refractivity contribution in [2.24, 2.45) is 17.1 Å². The number of nitrogens with zero attached hydrogens (tertiary/aromatic N) is 1. The minimum Gasteiger partial charge on any atom is -0.369 e. The van der Waals surface area contributed by atoms with E-state index in [1.165, 1.54) is 25.0 Å². The average Bonchev–Trinajstić information content (AvgIpc) is 3.33. The zero-order valence-electron chi connectivity index (χ0n) is 13.3. The van der Waals surface area contributed by atoms with E-state index < -0.39 is 5.41 Å². The van der Waals surface area contributed by atoms with Crippen molar-refractivity contribution in [3.05, 3.63) is 35.6 Å². The Hall–Kier alpha value is -1.91. The van der Waals surface area contributed by atoms with E-state index in [2.05, 4.69) is 0 Å². The number of benzene rings is 1. The van der Waals surface area contributed by atoms with E-state index >= 15 is 0 Å². The van der Waals surface area contributed by atoms with Crippen LogP contribution in [0.5, 0.6) is 0 Å². The maximum Gasteiger partial charge on any atom is 0.227 e. The van der Waals surface area contributed by atoms with Crippen LogP contribution < -0.4 is 5.73 Å². The van der Waals surface area contributed by atoms with Crippen molar-refractivity contribution in [1.82, 2.24) is 4.90 Å². The third-order valence-electron chi connectivity index (χ3n) is 5.10. The molecule has 2 amide bonds. The summed E-state index contributed by atoms with van der Waals surface area (Å²) >= 11 is 0. The number of piperidine rings is 1. The first-order valence-corrected chi connectivity index (χ1v) is 8.31. The standard InChI is InChI=1S/C18H23FN2O2/c19-15-6-4-13(5-7-15)10-16(22)21-9-1-8-18(12-21,17(20)23)11-14-2-3-14/h4-7,14H,1-3,8-12H2,(H2,20,23). The van der Waals surface area contributed by atoms with Gasteiger partial charge in [0.1, 0.15) is 5.82 Å². The monoisotopic (exact) mass is 318 g/mol. The van der Waals surface area contributed by atoms with Gasteiger partial charge in [0, 0.05) is 13.1 Å². The van der Waals surface area contributed by atoms with E-state index in [0.29, 0.717) is 19.0 Å². The van der Waals surface area contributed by atoms with E-state index in [-0.39, 0.29) is 24.1 Å². The molecule has 3 rings (SSSR count). The number of halogens is 1. The van der Waals surface area contributed by atoms with Crippen LogP contribution in [0.3, 0.4) is 0 Å². The largest absolute Gasteiger partial charge is 0.369 e. The Bertz CT molecular complexity index is 598. The second-order valence-electron chi connectivity index (χ2n) is 7.01. The summed E-state index contributed by atoms with van der Waals surface area (Å²) in [6.45, 7) is 1.10. The fourth-order valence-electron chi connectivity index (χ4n) is 3.58. The van der Waals surface area contributed by atoms with Crippen LogP contribution >= 0.6 is 0 Å². The third-order valence-corrected chi connectivity index (χ3v) is 5.10. The van der Waals surface area contributed by atoms with E-state index in [0.717, 1.165) is 24.8 Å². The van der Waals surface area contributed by atoms with Crippen LogP contribution in [0.1, 0.15) is 37.7 Å². The molecule has 1 heterocycles. The molecule has 0 spiro atoms. The molecular formula is C18H23FN2O2. The van der Waals surface area contributed by atoms with Gasteiger partial charge in [0.15, 0.2) is 0 Å². The number of likely N-dealkylation sites (tertiary alicyclic amines) is 1. The highest BCUT2D eigenvalue weighted by Crippen LogP contribution is 2.44. The molecule has 23 heavy (non-hydrogen) atoms. The maximum absolute atomic E-state index is 12.9. The second-order valence-corrected chi connectivity index (χ2v) is 7.01. The molecule has 1 atom stereocenters. The summed E-state index contributed by atoms with van der Waals surface area (Å²) in [6, 6.07) is 5.98. The summed E-state index contributed by atoms with van der Waals surface area (Å²) in [7, 11) is 0. The molecule has 1 unspecified atom stereocenters. The lowest BCUT2D eigenvalue weighted by atomic mass is 9.75.